The molecule has 4 rings (SSSR count). The molecule has 0 unspecified atom stereocenters. The van der Waals surface area contributed by atoms with E-state index in [1.54, 1.807) is 12.1 Å². The summed E-state index contributed by atoms with van der Waals surface area (Å²) >= 11 is 0. The lowest BCUT2D eigenvalue weighted by atomic mass is 9.89. The highest BCUT2D eigenvalue weighted by molar-refractivity contribution is 5.98. The zero-order chi connectivity index (χ0) is 22.1. The van der Waals surface area contributed by atoms with E-state index in [1.807, 2.05) is 43.0 Å². The largest absolute Gasteiger partial charge is 0.366 e. The van der Waals surface area contributed by atoms with Gasteiger partial charge < -0.3 is 10.6 Å². The Bertz CT molecular complexity index is 1140. The molecule has 1 aliphatic heterocycles. The van der Waals surface area contributed by atoms with Gasteiger partial charge in [-0.3, -0.25) is 14.6 Å². The summed E-state index contributed by atoms with van der Waals surface area (Å²) in [5, 5.41) is 0.536. The highest BCUT2D eigenvalue weighted by Gasteiger charge is 2.31. The standard InChI is InChI=1S/C25H26FN3O2/c1-15-5-7-17(8-6-15)16(2)25(31)29-11-3-4-18(14-29)23-21(24(27)30)13-19-12-20(26)9-10-22(19)28-23/h5-10,12-13,16,18H,3-4,11,14H2,1-2H3,(H2,27,30)/t16-,18-/m0/s1. The van der Waals surface area contributed by atoms with Crippen molar-refractivity contribution >= 4 is 22.7 Å². The maximum Gasteiger partial charge on any atom is 0.250 e. The number of nitrogens with two attached hydrogens (primary N) is 1. The van der Waals surface area contributed by atoms with Crippen molar-refractivity contribution in [1.29, 1.82) is 0 Å². The number of nitrogens with zero attached hydrogens (tertiary/aromatic N) is 2. The Morgan fingerprint density at radius 2 is 1.90 bits per heavy atom. The average molecular weight is 420 g/mol. The third-order valence-electron chi connectivity index (χ3n) is 6.14. The average Bonchev–Trinajstić information content (AvgIpc) is 2.77. The maximum absolute atomic E-state index is 13.6. The van der Waals surface area contributed by atoms with Crippen LogP contribution in [0.2, 0.25) is 0 Å². The summed E-state index contributed by atoms with van der Waals surface area (Å²) in [5.41, 5.74) is 9.27. The van der Waals surface area contributed by atoms with E-state index in [0.717, 1.165) is 24.0 Å². The Morgan fingerprint density at radius 1 is 1.16 bits per heavy atom. The number of benzene rings is 2. The third-order valence-corrected chi connectivity index (χ3v) is 6.14. The van der Waals surface area contributed by atoms with E-state index in [4.69, 9.17) is 5.73 Å². The van der Waals surface area contributed by atoms with Crippen LogP contribution in [0, 0.1) is 12.7 Å². The number of pyridine rings is 1. The highest BCUT2D eigenvalue weighted by Crippen LogP contribution is 2.32. The normalized spacial score (nSPS) is 17.5. The van der Waals surface area contributed by atoms with Gasteiger partial charge in [0.05, 0.1) is 22.7 Å². The number of amides is 2. The SMILES string of the molecule is Cc1ccc([C@H](C)C(=O)N2CCC[C@H](c3nc4ccc(F)cc4cc3C(N)=O)C2)cc1. The van der Waals surface area contributed by atoms with Gasteiger partial charge in [-0.25, -0.2) is 4.39 Å². The number of piperidine rings is 1. The number of likely N-dealkylation sites (tertiary alicyclic amines) is 1. The van der Waals surface area contributed by atoms with Gasteiger partial charge in [-0.15, -0.1) is 0 Å². The molecular formula is C25H26FN3O2. The molecule has 2 atom stereocenters. The Hall–Kier alpha value is -3.28. The number of aryl methyl sites for hydroxylation is 1. The smallest absolute Gasteiger partial charge is 0.250 e. The molecule has 0 bridgehead atoms. The molecule has 2 heterocycles. The van der Waals surface area contributed by atoms with Crippen molar-refractivity contribution in [3.8, 4) is 0 Å². The number of halogens is 1. The zero-order valence-electron chi connectivity index (χ0n) is 17.8. The van der Waals surface area contributed by atoms with E-state index in [1.165, 1.54) is 12.1 Å². The molecule has 1 saturated heterocycles. The summed E-state index contributed by atoms with van der Waals surface area (Å²) in [6.45, 7) is 5.10. The van der Waals surface area contributed by atoms with Crippen LogP contribution in [-0.4, -0.2) is 34.8 Å². The number of rotatable bonds is 4. The molecule has 0 spiro atoms. The number of aromatic nitrogens is 1. The minimum Gasteiger partial charge on any atom is -0.366 e. The molecule has 0 aliphatic carbocycles. The van der Waals surface area contributed by atoms with Crippen LogP contribution in [0.5, 0.6) is 0 Å². The first-order valence-corrected chi connectivity index (χ1v) is 10.6. The molecule has 1 aliphatic rings. The predicted octanol–water partition coefficient (Wildman–Crippen LogP) is 4.29. The maximum atomic E-state index is 13.6. The first kappa shape index (κ1) is 21.0. The van der Waals surface area contributed by atoms with Gasteiger partial charge in [-0.05, 0) is 56.5 Å². The lowest BCUT2D eigenvalue weighted by molar-refractivity contribution is -0.133. The molecule has 0 saturated carbocycles. The van der Waals surface area contributed by atoms with Crippen molar-refractivity contribution in [2.24, 2.45) is 5.73 Å². The van der Waals surface area contributed by atoms with Crippen LogP contribution in [0.4, 0.5) is 4.39 Å². The molecule has 6 heteroatoms. The first-order valence-electron chi connectivity index (χ1n) is 10.6. The van der Waals surface area contributed by atoms with Crippen molar-refractivity contribution in [2.45, 2.75) is 38.5 Å². The summed E-state index contributed by atoms with van der Waals surface area (Å²) in [6.07, 6.45) is 1.63. The minimum absolute atomic E-state index is 0.0667. The van der Waals surface area contributed by atoms with E-state index in [-0.39, 0.29) is 17.7 Å². The summed E-state index contributed by atoms with van der Waals surface area (Å²) in [5.74, 6) is -1.26. The van der Waals surface area contributed by atoms with Crippen molar-refractivity contribution in [3.05, 3.63) is 76.7 Å². The molecule has 2 N–H and O–H groups in total. The molecule has 1 fully saturated rings. The predicted molar refractivity (Wildman–Crippen MR) is 118 cm³/mol. The van der Waals surface area contributed by atoms with Crippen LogP contribution in [0.1, 0.15) is 58.8 Å². The summed E-state index contributed by atoms with van der Waals surface area (Å²) in [6, 6.07) is 13.9. The molecule has 2 amide bonds. The number of hydrogen-bond donors (Lipinski definition) is 1. The summed E-state index contributed by atoms with van der Waals surface area (Å²) < 4.78 is 13.6. The van der Waals surface area contributed by atoms with E-state index in [0.29, 0.717) is 35.2 Å². The van der Waals surface area contributed by atoms with E-state index in [9.17, 15) is 14.0 Å². The number of carbonyl (C=O) groups is 2. The molecule has 2 aromatic carbocycles. The molecule has 5 nitrogen and oxygen atoms in total. The Morgan fingerprint density at radius 3 is 2.61 bits per heavy atom. The lowest BCUT2D eigenvalue weighted by Gasteiger charge is -2.34. The molecule has 160 valence electrons. The lowest BCUT2D eigenvalue weighted by Crippen LogP contribution is -2.41. The molecule has 1 aromatic heterocycles. The van der Waals surface area contributed by atoms with Crippen LogP contribution < -0.4 is 5.73 Å². The van der Waals surface area contributed by atoms with Gasteiger partial charge in [0.1, 0.15) is 5.82 Å². The van der Waals surface area contributed by atoms with Crippen LogP contribution >= 0.6 is 0 Å². The Labute approximate surface area is 181 Å². The Balaban J connectivity index is 1.62. The number of primary amides is 1. The fourth-order valence-corrected chi connectivity index (χ4v) is 4.34. The van der Waals surface area contributed by atoms with Crippen LogP contribution in [-0.2, 0) is 4.79 Å². The van der Waals surface area contributed by atoms with Gasteiger partial charge in [0.2, 0.25) is 5.91 Å². The zero-order valence-corrected chi connectivity index (χ0v) is 17.8. The van der Waals surface area contributed by atoms with Gasteiger partial charge in [0, 0.05) is 24.4 Å². The van der Waals surface area contributed by atoms with Crippen molar-refractivity contribution in [1.82, 2.24) is 9.88 Å². The van der Waals surface area contributed by atoms with Gasteiger partial charge >= 0.3 is 0 Å². The fourth-order valence-electron chi connectivity index (χ4n) is 4.34. The van der Waals surface area contributed by atoms with E-state index >= 15 is 0 Å². The third kappa shape index (κ3) is 4.29. The molecule has 3 aromatic rings. The van der Waals surface area contributed by atoms with Crippen LogP contribution in [0.3, 0.4) is 0 Å². The van der Waals surface area contributed by atoms with E-state index < -0.39 is 11.7 Å². The molecule has 31 heavy (non-hydrogen) atoms. The molecule has 0 radical (unpaired) electrons. The quantitative estimate of drug-likeness (QED) is 0.685. The fraction of sp³-hybridized carbons (Fsp3) is 0.320. The monoisotopic (exact) mass is 419 g/mol. The van der Waals surface area contributed by atoms with Gasteiger partial charge in [0.15, 0.2) is 0 Å². The van der Waals surface area contributed by atoms with Gasteiger partial charge in [0.25, 0.3) is 5.91 Å². The highest BCUT2D eigenvalue weighted by atomic mass is 19.1. The van der Waals surface area contributed by atoms with Crippen LogP contribution in [0.25, 0.3) is 10.9 Å². The first-order chi connectivity index (χ1) is 14.8. The second kappa shape index (κ2) is 8.46. The van der Waals surface area contributed by atoms with Crippen molar-refractivity contribution in [2.75, 3.05) is 13.1 Å². The topological polar surface area (TPSA) is 76.3 Å². The number of hydrogen-bond acceptors (Lipinski definition) is 3. The second-order valence-corrected chi connectivity index (χ2v) is 8.38. The minimum atomic E-state index is -0.592. The summed E-state index contributed by atoms with van der Waals surface area (Å²) in [7, 11) is 0. The number of carbonyl (C=O) groups excluding carboxylic acids is 2. The molecular weight excluding hydrogens is 393 g/mol. The van der Waals surface area contributed by atoms with Crippen LogP contribution in [0.15, 0.2) is 48.5 Å². The van der Waals surface area contributed by atoms with Gasteiger partial charge in [-0.1, -0.05) is 29.8 Å². The summed E-state index contributed by atoms with van der Waals surface area (Å²) in [4.78, 5) is 31.9. The van der Waals surface area contributed by atoms with Crippen molar-refractivity contribution in [3.63, 3.8) is 0 Å². The van der Waals surface area contributed by atoms with Crippen molar-refractivity contribution < 1.29 is 14.0 Å². The van der Waals surface area contributed by atoms with Gasteiger partial charge in [-0.2, -0.15) is 0 Å². The second-order valence-electron chi connectivity index (χ2n) is 8.38. The number of fused-ring (bicyclic) bond motifs is 1. The van der Waals surface area contributed by atoms with E-state index in [2.05, 4.69) is 4.98 Å². The Kier molecular flexibility index (Phi) is 5.72.